The molecule has 0 N–H and O–H groups in total. The molecule has 1 fully saturated rings. The molecule has 0 atom stereocenters. The smallest absolute Gasteiger partial charge is 0.265 e. The first-order valence-electron chi connectivity index (χ1n) is 8.98. The molecule has 0 aromatic heterocycles. The summed E-state index contributed by atoms with van der Waals surface area (Å²) >= 11 is 0. The van der Waals surface area contributed by atoms with Gasteiger partial charge in [-0.2, -0.15) is 0 Å². The predicted octanol–water partition coefficient (Wildman–Crippen LogP) is 2.58. The van der Waals surface area contributed by atoms with E-state index < -0.39 is 33.2 Å². The highest BCUT2D eigenvalue weighted by atomic mass is 32.2. The zero-order valence-electron chi connectivity index (χ0n) is 15.2. The van der Waals surface area contributed by atoms with E-state index in [1.165, 1.54) is 17.0 Å². The van der Waals surface area contributed by atoms with Gasteiger partial charge in [0.2, 0.25) is 9.84 Å². The highest BCUT2D eigenvalue weighted by molar-refractivity contribution is 7.96. The van der Waals surface area contributed by atoms with Crippen LogP contribution in [-0.4, -0.2) is 50.3 Å². The number of amides is 1. The van der Waals surface area contributed by atoms with E-state index in [-0.39, 0.29) is 35.0 Å². The number of fused-ring (bicyclic) bond motifs is 1. The van der Waals surface area contributed by atoms with E-state index in [0.29, 0.717) is 24.7 Å². The first-order chi connectivity index (χ1) is 13.8. The normalized spacial score (nSPS) is 18.4. The third-order valence-electron chi connectivity index (χ3n) is 5.14. The zero-order valence-corrected chi connectivity index (χ0v) is 16.1. The Kier molecular flexibility index (Phi) is 4.95. The maximum absolute atomic E-state index is 13.8. The van der Waals surface area contributed by atoms with Crippen LogP contribution in [0.25, 0.3) is 6.08 Å². The van der Waals surface area contributed by atoms with Gasteiger partial charge >= 0.3 is 0 Å². The summed E-state index contributed by atoms with van der Waals surface area (Å²) in [6.07, 6.45) is 1.38. The summed E-state index contributed by atoms with van der Waals surface area (Å²) in [5.74, 6) is -3.76. The molecule has 2 aromatic rings. The first-order valence-corrected chi connectivity index (χ1v) is 10.5. The van der Waals surface area contributed by atoms with E-state index in [4.69, 9.17) is 0 Å². The summed E-state index contributed by atoms with van der Waals surface area (Å²) in [6.45, 7) is 1.26. The van der Waals surface area contributed by atoms with Gasteiger partial charge in [-0.15, -0.1) is 0 Å². The second kappa shape index (κ2) is 7.31. The summed E-state index contributed by atoms with van der Waals surface area (Å²) < 4.78 is 65.5. The zero-order chi connectivity index (χ0) is 20.8. The van der Waals surface area contributed by atoms with Gasteiger partial charge in [0.15, 0.2) is 11.6 Å². The van der Waals surface area contributed by atoms with E-state index >= 15 is 0 Å². The van der Waals surface area contributed by atoms with Gasteiger partial charge in [-0.05, 0) is 23.8 Å². The maximum Gasteiger partial charge on any atom is 0.265 e. The third-order valence-corrected chi connectivity index (χ3v) is 6.96. The fourth-order valence-corrected chi connectivity index (χ4v) is 5.12. The summed E-state index contributed by atoms with van der Waals surface area (Å²) in [5, 5.41) is 0. The lowest BCUT2D eigenvalue weighted by Crippen LogP contribution is -2.49. The second-order valence-electron chi connectivity index (χ2n) is 6.98. The minimum Gasteiger partial charge on any atom is -0.335 e. The lowest BCUT2D eigenvalue weighted by atomic mass is 10.1. The lowest BCUT2D eigenvalue weighted by Gasteiger charge is -2.34. The van der Waals surface area contributed by atoms with Crippen molar-refractivity contribution in [3.8, 4) is 0 Å². The van der Waals surface area contributed by atoms with Gasteiger partial charge < -0.3 is 4.90 Å². The fraction of sp³-hybridized carbons (Fsp3) is 0.250. The Balaban J connectivity index is 1.43. The Bertz CT molecular complexity index is 1120. The number of hydrogen-bond acceptors (Lipinski definition) is 4. The van der Waals surface area contributed by atoms with E-state index in [9.17, 15) is 26.4 Å². The quantitative estimate of drug-likeness (QED) is 0.714. The fourth-order valence-electron chi connectivity index (χ4n) is 3.55. The number of sulfone groups is 1. The van der Waals surface area contributed by atoms with Crippen LogP contribution in [0.1, 0.15) is 11.1 Å². The standard InChI is InChI=1S/C20H17F3N2O3S/c21-15-11-17(23)16(22)9-14(15)12-24-5-7-25(8-6-24)20(26)19-10-13-3-1-2-4-18(13)29(19,27)28/h1-4,9-11H,5-8,12H2. The van der Waals surface area contributed by atoms with E-state index in [1.807, 2.05) is 0 Å². The number of nitrogens with zero attached hydrogens (tertiary/aromatic N) is 2. The molecule has 5 nitrogen and oxygen atoms in total. The van der Waals surface area contributed by atoms with Crippen molar-refractivity contribution in [3.05, 3.63) is 69.9 Å². The molecule has 0 saturated carbocycles. The summed E-state index contributed by atoms with van der Waals surface area (Å²) in [7, 11) is -3.84. The Morgan fingerprint density at radius 3 is 2.28 bits per heavy atom. The van der Waals surface area contributed by atoms with Crippen molar-refractivity contribution in [1.82, 2.24) is 9.80 Å². The molecular weight excluding hydrogens is 405 g/mol. The topological polar surface area (TPSA) is 57.7 Å². The van der Waals surface area contributed by atoms with Gasteiger partial charge in [-0.3, -0.25) is 9.69 Å². The summed E-state index contributed by atoms with van der Waals surface area (Å²) in [4.78, 5) is 15.9. The number of benzene rings is 2. The Labute approximate surface area is 166 Å². The molecule has 0 unspecified atom stereocenters. The maximum atomic E-state index is 13.8. The predicted molar refractivity (Wildman–Crippen MR) is 99.8 cm³/mol. The third kappa shape index (κ3) is 3.56. The first kappa shape index (κ1) is 19.7. The Morgan fingerprint density at radius 1 is 0.931 bits per heavy atom. The van der Waals surface area contributed by atoms with Gasteiger partial charge in [0.25, 0.3) is 5.91 Å². The highest BCUT2D eigenvalue weighted by Crippen LogP contribution is 2.33. The average molecular weight is 422 g/mol. The monoisotopic (exact) mass is 422 g/mol. The van der Waals surface area contributed by atoms with Crippen LogP contribution < -0.4 is 0 Å². The molecule has 9 heteroatoms. The van der Waals surface area contributed by atoms with Crippen LogP contribution in [0.3, 0.4) is 0 Å². The highest BCUT2D eigenvalue weighted by Gasteiger charge is 2.37. The minimum absolute atomic E-state index is 0.0280. The number of halogens is 3. The van der Waals surface area contributed by atoms with Crippen molar-refractivity contribution >= 4 is 21.8 Å². The summed E-state index contributed by atoms with van der Waals surface area (Å²) in [6, 6.07) is 7.76. The lowest BCUT2D eigenvalue weighted by molar-refractivity contribution is -0.128. The Hall–Kier alpha value is -2.65. The molecule has 0 spiro atoms. The van der Waals surface area contributed by atoms with Crippen molar-refractivity contribution in [2.75, 3.05) is 26.2 Å². The number of piperazine rings is 1. The molecule has 152 valence electrons. The van der Waals surface area contributed by atoms with Crippen molar-refractivity contribution in [2.45, 2.75) is 11.4 Å². The van der Waals surface area contributed by atoms with Crippen LogP contribution in [0, 0.1) is 17.5 Å². The van der Waals surface area contributed by atoms with Gasteiger partial charge in [0.05, 0.1) is 4.90 Å². The van der Waals surface area contributed by atoms with Crippen LogP contribution in [-0.2, 0) is 21.2 Å². The van der Waals surface area contributed by atoms with Gasteiger partial charge in [0, 0.05) is 44.4 Å². The number of rotatable bonds is 3. The molecule has 4 rings (SSSR count). The van der Waals surface area contributed by atoms with Crippen LogP contribution in [0.2, 0.25) is 0 Å². The van der Waals surface area contributed by atoms with Crippen molar-refractivity contribution in [3.63, 3.8) is 0 Å². The average Bonchev–Trinajstić information content (AvgIpc) is 2.97. The number of hydrogen-bond donors (Lipinski definition) is 0. The minimum atomic E-state index is -3.84. The van der Waals surface area contributed by atoms with Crippen LogP contribution in [0.5, 0.6) is 0 Å². The van der Waals surface area contributed by atoms with E-state index in [2.05, 4.69) is 0 Å². The van der Waals surface area contributed by atoms with E-state index in [1.54, 1.807) is 23.1 Å². The molecule has 0 bridgehead atoms. The van der Waals surface area contributed by atoms with Crippen molar-refractivity contribution in [1.29, 1.82) is 0 Å². The Morgan fingerprint density at radius 2 is 1.59 bits per heavy atom. The van der Waals surface area contributed by atoms with Gasteiger partial charge in [0.1, 0.15) is 10.7 Å². The molecular formula is C20H17F3N2O3S. The van der Waals surface area contributed by atoms with Crippen LogP contribution in [0.15, 0.2) is 46.2 Å². The molecule has 0 aliphatic carbocycles. The largest absolute Gasteiger partial charge is 0.335 e. The van der Waals surface area contributed by atoms with Crippen molar-refractivity contribution in [2.24, 2.45) is 0 Å². The molecule has 2 aliphatic rings. The molecule has 2 aromatic carbocycles. The molecule has 0 radical (unpaired) electrons. The molecule has 29 heavy (non-hydrogen) atoms. The van der Waals surface area contributed by atoms with Gasteiger partial charge in [-0.25, -0.2) is 21.6 Å². The number of carbonyl (C=O) groups is 1. The summed E-state index contributed by atoms with van der Waals surface area (Å²) in [5.41, 5.74) is 0.517. The van der Waals surface area contributed by atoms with E-state index in [0.717, 1.165) is 6.07 Å². The molecule has 1 amide bonds. The molecule has 2 aliphatic heterocycles. The number of carbonyl (C=O) groups excluding carboxylic acids is 1. The SMILES string of the molecule is O=C(C1=Cc2ccccc2S1(=O)=O)N1CCN(Cc2cc(F)c(F)cc2F)CC1. The van der Waals surface area contributed by atoms with Crippen LogP contribution in [0.4, 0.5) is 13.2 Å². The van der Waals surface area contributed by atoms with Crippen molar-refractivity contribution < 1.29 is 26.4 Å². The van der Waals surface area contributed by atoms with Gasteiger partial charge in [-0.1, -0.05) is 18.2 Å². The second-order valence-corrected chi connectivity index (χ2v) is 8.86. The molecule has 2 heterocycles. The molecule has 1 saturated heterocycles. The van der Waals surface area contributed by atoms with Crippen LogP contribution >= 0.6 is 0 Å².